The molecule has 0 bridgehead atoms. The molecule has 1 aliphatic heterocycles. The summed E-state index contributed by atoms with van der Waals surface area (Å²) in [6, 6.07) is 0. The van der Waals surface area contributed by atoms with E-state index in [4.69, 9.17) is 9.15 Å². The Balaban J connectivity index is 1.82. The zero-order chi connectivity index (χ0) is 13.0. The maximum Gasteiger partial charge on any atom is 0.221 e. The second-order valence-corrected chi connectivity index (χ2v) is 5.87. The first-order chi connectivity index (χ1) is 8.54. The summed E-state index contributed by atoms with van der Waals surface area (Å²) < 4.78 is 11.1. The third-order valence-corrected chi connectivity index (χ3v) is 2.99. The lowest BCUT2D eigenvalue weighted by Crippen LogP contribution is -2.37. The quantitative estimate of drug-likeness (QED) is 0.888. The molecular formula is C13H23N3O2. The Morgan fingerprint density at radius 1 is 1.33 bits per heavy atom. The van der Waals surface area contributed by atoms with Crippen molar-refractivity contribution in [1.82, 2.24) is 15.5 Å². The Morgan fingerprint density at radius 2 is 2.17 bits per heavy atom. The molecular weight excluding hydrogens is 230 g/mol. The summed E-state index contributed by atoms with van der Waals surface area (Å²) in [5.41, 5.74) is 0.125. The zero-order valence-electron chi connectivity index (χ0n) is 11.5. The largest absolute Gasteiger partial charge is 0.425 e. The van der Waals surface area contributed by atoms with Crippen LogP contribution in [-0.2, 0) is 11.2 Å². The maximum absolute atomic E-state index is 5.70. The zero-order valence-corrected chi connectivity index (χ0v) is 11.5. The number of rotatable bonds is 4. The third kappa shape index (κ3) is 4.07. The number of nitrogens with zero attached hydrogens (tertiary/aromatic N) is 2. The van der Waals surface area contributed by atoms with E-state index in [1.54, 1.807) is 0 Å². The van der Waals surface area contributed by atoms with Crippen molar-refractivity contribution in [2.45, 2.75) is 51.5 Å². The molecule has 2 heterocycles. The molecule has 102 valence electrons. The van der Waals surface area contributed by atoms with Gasteiger partial charge in [-0.3, -0.25) is 0 Å². The van der Waals surface area contributed by atoms with Crippen LogP contribution in [0.5, 0.6) is 0 Å². The fraction of sp³-hybridized carbons (Fsp3) is 0.846. The van der Waals surface area contributed by atoms with Crippen LogP contribution in [0.2, 0.25) is 0 Å². The van der Waals surface area contributed by atoms with E-state index < -0.39 is 0 Å². The summed E-state index contributed by atoms with van der Waals surface area (Å²) >= 11 is 0. The molecule has 2 rings (SSSR count). The third-order valence-electron chi connectivity index (χ3n) is 2.99. The van der Waals surface area contributed by atoms with Gasteiger partial charge in [0.15, 0.2) is 0 Å². The lowest BCUT2D eigenvalue weighted by atomic mass is 10.0. The van der Waals surface area contributed by atoms with E-state index in [9.17, 15) is 0 Å². The first-order valence-corrected chi connectivity index (χ1v) is 6.70. The fourth-order valence-electron chi connectivity index (χ4n) is 2.01. The summed E-state index contributed by atoms with van der Waals surface area (Å²) in [4.78, 5) is 0. The Labute approximate surface area is 108 Å². The number of ether oxygens (including phenoxy) is 1. The van der Waals surface area contributed by atoms with Gasteiger partial charge in [-0.2, -0.15) is 0 Å². The van der Waals surface area contributed by atoms with E-state index >= 15 is 0 Å². The normalized spacial score (nSPS) is 21.2. The van der Waals surface area contributed by atoms with Crippen molar-refractivity contribution in [1.29, 1.82) is 0 Å². The van der Waals surface area contributed by atoms with Gasteiger partial charge in [0, 0.05) is 25.1 Å². The number of aromatic nitrogens is 2. The van der Waals surface area contributed by atoms with Gasteiger partial charge in [0.05, 0.1) is 12.5 Å². The molecule has 0 radical (unpaired) electrons. The summed E-state index contributed by atoms with van der Waals surface area (Å²) in [5.74, 6) is 1.74. The van der Waals surface area contributed by atoms with Gasteiger partial charge in [0.25, 0.3) is 0 Å². The van der Waals surface area contributed by atoms with E-state index in [-0.39, 0.29) is 11.5 Å². The topological polar surface area (TPSA) is 60.2 Å². The van der Waals surface area contributed by atoms with Crippen LogP contribution in [0.1, 0.15) is 51.3 Å². The van der Waals surface area contributed by atoms with Gasteiger partial charge >= 0.3 is 0 Å². The van der Waals surface area contributed by atoms with E-state index in [0.29, 0.717) is 12.5 Å². The second kappa shape index (κ2) is 5.80. The molecule has 1 fully saturated rings. The minimum atomic E-state index is 0.125. The number of hydrogen-bond donors (Lipinski definition) is 1. The van der Waals surface area contributed by atoms with Crippen molar-refractivity contribution in [3.8, 4) is 0 Å². The minimum absolute atomic E-state index is 0.125. The molecule has 1 unspecified atom stereocenters. The molecule has 1 N–H and O–H groups in total. The maximum atomic E-state index is 5.70. The van der Waals surface area contributed by atoms with Gasteiger partial charge in [0.2, 0.25) is 11.8 Å². The SMILES string of the molecule is CC(C)(C)NCCc1nnc(C2CCCOC2)o1. The fourth-order valence-corrected chi connectivity index (χ4v) is 2.01. The minimum Gasteiger partial charge on any atom is -0.425 e. The molecule has 1 aliphatic rings. The lowest BCUT2D eigenvalue weighted by Gasteiger charge is -2.19. The van der Waals surface area contributed by atoms with E-state index in [1.165, 1.54) is 0 Å². The average Bonchev–Trinajstić information content (AvgIpc) is 2.77. The van der Waals surface area contributed by atoms with Crippen LogP contribution >= 0.6 is 0 Å². The van der Waals surface area contributed by atoms with Crippen molar-refractivity contribution in [2.75, 3.05) is 19.8 Å². The van der Waals surface area contributed by atoms with Gasteiger partial charge in [-0.1, -0.05) is 0 Å². The van der Waals surface area contributed by atoms with E-state index in [0.717, 1.165) is 38.3 Å². The highest BCUT2D eigenvalue weighted by molar-refractivity contribution is 4.93. The monoisotopic (exact) mass is 253 g/mol. The predicted molar refractivity (Wildman–Crippen MR) is 68.6 cm³/mol. The Kier molecular flexibility index (Phi) is 4.35. The molecule has 0 saturated carbocycles. The summed E-state index contributed by atoms with van der Waals surface area (Å²) in [6.45, 7) is 8.85. The van der Waals surface area contributed by atoms with Gasteiger partial charge < -0.3 is 14.5 Å². The van der Waals surface area contributed by atoms with Crippen molar-refractivity contribution in [3.05, 3.63) is 11.8 Å². The first kappa shape index (κ1) is 13.5. The molecule has 1 atom stereocenters. The number of hydrogen-bond acceptors (Lipinski definition) is 5. The Hall–Kier alpha value is -0.940. The summed E-state index contributed by atoms with van der Waals surface area (Å²) in [7, 11) is 0. The van der Waals surface area contributed by atoms with Crippen molar-refractivity contribution in [3.63, 3.8) is 0 Å². The van der Waals surface area contributed by atoms with Crippen LogP contribution in [0, 0.1) is 0 Å². The molecule has 18 heavy (non-hydrogen) atoms. The molecule has 0 aliphatic carbocycles. The highest BCUT2D eigenvalue weighted by Crippen LogP contribution is 2.24. The van der Waals surface area contributed by atoms with Gasteiger partial charge in [-0.05, 0) is 33.6 Å². The molecule has 5 heteroatoms. The molecule has 1 aromatic heterocycles. The van der Waals surface area contributed by atoms with Crippen LogP contribution in [0.25, 0.3) is 0 Å². The van der Waals surface area contributed by atoms with E-state index in [2.05, 4.69) is 36.3 Å². The second-order valence-electron chi connectivity index (χ2n) is 5.87. The number of nitrogens with one attached hydrogen (secondary N) is 1. The first-order valence-electron chi connectivity index (χ1n) is 6.70. The Bertz CT molecular complexity index is 365. The van der Waals surface area contributed by atoms with Crippen molar-refractivity contribution < 1.29 is 9.15 Å². The molecule has 5 nitrogen and oxygen atoms in total. The van der Waals surface area contributed by atoms with Crippen LogP contribution in [0.15, 0.2) is 4.42 Å². The van der Waals surface area contributed by atoms with Gasteiger partial charge in [-0.25, -0.2) is 0 Å². The molecule has 0 spiro atoms. The smallest absolute Gasteiger partial charge is 0.221 e. The lowest BCUT2D eigenvalue weighted by molar-refractivity contribution is 0.0721. The average molecular weight is 253 g/mol. The van der Waals surface area contributed by atoms with Crippen molar-refractivity contribution in [2.24, 2.45) is 0 Å². The summed E-state index contributed by atoms with van der Waals surface area (Å²) in [5, 5.41) is 11.6. The highest BCUT2D eigenvalue weighted by Gasteiger charge is 2.21. The molecule has 1 saturated heterocycles. The highest BCUT2D eigenvalue weighted by atomic mass is 16.5. The Morgan fingerprint density at radius 3 is 2.83 bits per heavy atom. The van der Waals surface area contributed by atoms with Gasteiger partial charge in [0.1, 0.15) is 0 Å². The van der Waals surface area contributed by atoms with E-state index in [1.807, 2.05) is 0 Å². The van der Waals surface area contributed by atoms with Crippen LogP contribution < -0.4 is 5.32 Å². The van der Waals surface area contributed by atoms with Crippen LogP contribution in [0.3, 0.4) is 0 Å². The standard InChI is InChI=1S/C13H23N3O2/c1-13(2,3)14-7-6-11-15-16-12(18-11)10-5-4-8-17-9-10/h10,14H,4-9H2,1-3H3. The van der Waals surface area contributed by atoms with Gasteiger partial charge in [-0.15, -0.1) is 10.2 Å². The van der Waals surface area contributed by atoms with Crippen molar-refractivity contribution >= 4 is 0 Å². The molecule has 1 aromatic rings. The predicted octanol–water partition coefficient (Wildman–Crippen LogP) is 1.89. The molecule has 0 aromatic carbocycles. The molecule has 0 amide bonds. The summed E-state index contributed by atoms with van der Waals surface area (Å²) in [6.07, 6.45) is 2.94. The van der Waals surface area contributed by atoms with Crippen LogP contribution in [0.4, 0.5) is 0 Å². The van der Waals surface area contributed by atoms with Crippen LogP contribution in [-0.4, -0.2) is 35.5 Å².